The molecule has 112 valence electrons. The summed E-state index contributed by atoms with van der Waals surface area (Å²) < 4.78 is 0. The first kappa shape index (κ1) is 15.5. The van der Waals surface area contributed by atoms with E-state index in [1.54, 1.807) is 6.07 Å². The maximum absolute atomic E-state index is 11.8. The Kier molecular flexibility index (Phi) is 4.75. The molecular weight excluding hydrogens is 308 g/mol. The summed E-state index contributed by atoms with van der Waals surface area (Å²) in [7, 11) is 0. The number of hydrogen-bond acceptors (Lipinski definition) is 4. The molecule has 0 heterocycles. The van der Waals surface area contributed by atoms with Crippen molar-refractivity contribution in [2.45, 2.75) is 0 Å². The van der Waals surface area contributed by atoms with Gasteiger partial charge in [-0.3, -0.25) is 14.9 Å². The van der Waals surface area contributed by atoms with Crippen LogP contribution in [0.1, 0.15) is 5.56 Å². The normalized spacial score (nSPS) is 10.6. The Morgan fingerprint density at radius 2 is 2.05 bits per heavy atom. The van der Waals surface area contributed by atoms with E-state index in [1.807, 2.05) is 0 Å². The fraction of sp³-hybridized carbons (Fsp3) is 0. The molecule has 0 fully saturated rings. The minimum Gasteiger partial charge on any atom is -0.506 e. The molecule has 2 aromatic carbocycles. The minimum atomic E-state index is -0.512. The van der Waals surface area contributed by atoms with Crippen molar-refractivity contribution >= 4 is 35.0 Å². The predicted octanol–water partition coefficient (Wildman–Crippen LogP) is 3.61. The molecular formula is C15H11ClN2O4. The van der Waals surface area contributed by atoms with Crippen LogP contribution in [0, 0.1) is 10.1 Å². The van der Waals surface area contributed by atoms with Crippen LogP contribution in [0.25, 0.3) is 6.08 Å². The second-order valence-corrected chi connectivity index (χ2v) is 4.77. The highest BCUT2D eigenvalue weighted by molar-refractivity contribution is 6.31. The SMILES string of the molecule is O=C(C=Cc1cccc([N+](=O)[O-])c1)Nc1cc(Cl)ccc1O. The molecule has 0 saturated heterocycles. The number of hydrogen-bond donors (Lipinski definition) is 2. The highest BCUT2D eigenvalue weighted by atomic mass is 35.5. The number of anilines is 1. The van der Waals surface area contributed by atoms with Crippen LogP contribution in [0.3, 0.4) is 0 Å². The second-order valence-electron chi connectivity index (χ2n) is 4.34. The Morgan fingerprint density at radius 3 is 2.77 bits per heavy atom. The summed E-state index contributed by atoms with van der Waals surface area (Å²) in [4.78, 5) is 21.9. The lowest BCUT2D eigenvalue weighted by atomic mass is 10.2. The summed E-state index contributed by atoms with van der Waals surface area (Å²) in [5.41, 5.74) is 0.635. The molecule has 22 heavy (non-hydrogen) atoms. The van der Waals surface area contributed by atoms with Crippen molar-refractivity contribution in [3.63, 3.8) is 0 Å². The van der Waals surface area contributed by atoms with Gasteiger partial charge >= 0.3 is 0 Å². The number of halogens is 1. The van der Waals surface area contributed by atoms with Crippen molar-refractivity contribution in [2.24, 2.45) is 0 Å². The van der Waals surface area contributed by atoms with E-state index >= 15 is 0 Å². The average Bonchev–Trinajstić information content (AvgIpc) is 2.49. The number of nitro benzene ring substituents is 1. The first-order valence-electron chi connectivity index (χ1n) is 6.18. The number of rotatable bonds is 4. The van der Waals surface area contributed by atoms with Gasteiger partial charge in [-0.15, -0.1) is 0 Å². The zero-order chi connectivity index (χ0) is 16.1. The largest absolute Gasteiger partial charge is 0.506 e. The van der Waals surface area contributed by atoms with Gasteiger partial charge in [-0.25, -0.2) is 0 Å². The number of phenols is 1. The number of non-ortho nitro benzene ring substituents is 1. The van der Waals surface area contributed by atoms with Crippen LogP contribution in [0.5, 0.6) is 5.75 Å². The average molecular weight is 319 g/mol. The van der Waals surface area contributed by atoms with Gasteiger partial charge in [-0.2, -0.15) is 0 Å². The Labute approximate surface area is 130 Å². The van der Waals surface area contributed by atoms with E-state index in [2.05, 4.69) is 5.32 Å². The summed E-state index contributed by atoms with van der Waals surface area (Å²) in [5.74, 6) is -0.606. The molecule has 7 heteroatoms. The molecule has 0 atom stereocenters. The van der Waals surface area contributed by atoms with Crippen LogP contribution in [0.4, 0.5) is 11.4 Å². The van der Waals surface area contributed by atoms with E-state index in [1.165, 1.54) is 48.6 Å². The van der Waals surface area contributed by atoms with E-state index in [0.717, 1.165) is 0 Å². The maximum atomic E-state index is 11.8. The smallest absolute Gasteiger partial charge is 0.270 e. The predicted molar refractivity (Wildman–Crippen MR) is 83.9 cm³/mol. The summed E-state index contributed by atoms with van der Waals surface area (Å²) >= 11 is 5.78. The topological polar surface area (TPSA) is 92.5 Å². The molecule has 1 amide bonds. The highest BCUT2D eigenvalue weighted by Crippen LogP contribution is 2.26. The standard InChI is InChI=1S/C15H11ClN2O4/c16-11-5-6-14(19)13(9-11)17-15(20)7-4-10-2-1-3-12(8-10)18(21)22/h1-9,19H,(H,17,20). The van der Waals surface area contributed by atoms with E-state index in [9.17, 15) is 20.0 Å². The molecule has 2 aromatic rings. The number of aromatic hydroxyl groups is 1. The molecule has 0 aliphatic heterocycles. The number of nitro groups is 1. The number of amides is 1. The molecule has 0 aliphatic rings. The lowest BCUT2D eigenvalue weighted by Crippen LogP contribution is -2.07. The van der Waals surface area contributed by atoms with Crippen molar-refractivity contribution in [2.75, 3.05) is 5.32 Å². The molecule has 0 unspecified atom stereocenters. The monoisotopic (exact) mass is 318 g/mol. The molecule has 2 N–H and O–H groups in total. The Morgan fingerprint density at radius 1 is 1.27 bits per heavy atom. The van der Waals surface area contributed by atoms with Crippen LogP contribution in [0.2, 0.25) is 5.02 Å². The van der Waals surface area contributed by atoms with Crippen LogP contribution >= 0.6 is 11.6 Å². The summed E-state index contributed by atoms with van der Waals surface area (Å²) in [6.45, 7) is 0. The van der Waals surface area contributed by atoms with Gasteiger partial charge in [0.15, 0.2) is 0 Å². The third-order valence-electron chi connectivity index (χ3n) is 2.72. The number of nitrogens with zero attached hydrogens (tertiary/aromatic N) is 1. The fourth-order valence-corrected chi connectivity index (χ4v) is 1.87. The summed E-state index contributed by atoms with van der Waals surface area (Å²) in [5, 5.41) is 23.1. The number of carbonyl (C=O) groups is 1. The minimum absolute atomic E-state index is 0.0601. The molecule has 0 spiro atoms. The van der Waals surface area contributed by atoms with Crippen molar-refractivity contribution < 1.29 is 14.8 Å². The second kappa shape index (κ2) is 6.73. The van der Waals surface area contributed by atoms with E-state index in [0.29, 0.717) is 10.6 Å². The van der Waals surface area contributed by atoms with Crippen LogP contribution in [-0.4, -0.2) is 15.9 Å². The zero-order valence-corrected chi connectivity index (χ0v) is 11.9. The van der Waals surface area contributed by atoms with Gasteiger partial charge in [-0.05, 0) is 29.8 Å². The number of carbonyl (C=O) groups excluding carboxylic acids is 1. The molecule has 0 aromatic heterocycles. The highest BCUT2D eigenvalue weighted by Gasteiger charge is 2.06. The van der Waals surface area contributed by atoms with Crippen LogP contribution in [0.15, 0.2) is 48.5 Å². The Balaban J connectivity index is 2.10. The molecule has 2 rings (SSSR count). The molecule has 0 saturated carbocycles. The van der Waals surface area contributed by atoms with Gasteiger partial charge in [0.25, 0.3) is 5.69 Å². The third kappa shape index (κ3) is 4.07. The fourth-order valence-electron chi connectivity index (χ4n) is 1.70. The number of benzene rings is 2. The third-order valence-corrected chi connectivity index (χ3v) is 2.96. The van der Waals surface area contributed by atoms with Gasteiger partial charge in [-0.1, -0.05) is 23.7 Å². The van der Waals surface area contributed by atoms with Gasteiger partial charge in [0.2, 0.25) is 5.91 Å². The quantitative estimate of drug-likeness (QED) is 0.390. The number of nitrogens with one attached hydrogen (secondary N) is 1. The lowest BCUT2D eigenvalue weighted by molar-refractivity contribution is -0.384. The molecule has 6 nitrogen and oxygen atoms in total. The molecule has 0 aliphatic carbocycles. The maximum Gasteiger partial charge on any atom is 0.270 e. The van der Waals surface area contributed by atoms with Crippen molar-refractivity contribution in [3.8, 4) is 5.75 Å². The first-order valence-corrected chi connectivity index (χ1v) is 6.55. The first-order chi connectivity index (χ1) is 10.5. The van der Waals surface area contributed by atoms with Gasteiger partial charge in [0, 0.05) is 23.2 Å². The number of phenolic OH excluding ortho intramolecular Hbond substituents is 1. The Bertz CT molecular complexity index is 759. The van der Waals surface area contributed by atoms with E-state index in [4.69, 9.17) is 11.6 Å². The summed E-state index contributed by atoms with van der Waals surface area (Å²) in [6.07, 6.45) is 2.64. The molecule has 0 bridgehead atoms. The van der Waals surface area contributed by atoms with Crippen LogP contribution in [-0.2, 0) is 4.79 Å². The summed E-state index contributed by atoms with van der Waals surface area (Å²) in [6, 6.07) is 10.1. The van der Waals surface area contributed by atoms with Crippen LogP contribution < -0.4 is 5.32 Å². The van der Waals surface area contributed by atoms with Crippen molar-refractivity contribution in [3.05, 3.63) is 69.2 Å². The van der Waals surface area contributed by atoms with Gasteiger partial charge in [0.1, 0.15) is 5.75 Å². The van der Waals surface area contributed by atoms with Crippen molar-refractivity contribution in [1.29, 1.82) is 0 Å². The van der Waals surface area contributed by atoms with E-state index in [-0.39, 0.29) is 17.1 Å². The van der Waals surface area contributed by atoms with Gasteiger partial charge < -0.3 is 10.4 Å². The zero-order valence-electron chi connectivity index (χ0n) is 11.2. The van der Waals surface area contributed by atoms with E-state index < -0.39 is 10.8 Å². The molecule has 0 radical (unpaired) electrons. The lowest BCUT2D eigenvalue weighted by Gasteiger charge is -2.05. The van der Waals surface area contributed by atoms with Crippen molar-refractivity contribution in [1.82, 2.24) is 0 Å². The Hall–Kier alpha value is -2.86. The van der Waals surface area contributed by atoms with Gasteiger partial charge in [0.05, 0.1) is 10.6 Å².